The first-order chi connectivity index (χ1) is 14.7. The van der Waals surface area contributed by atoms with Crippen LogP contribution in [0.4, 0.5) is 11.5 Å². The second-order valence-corrected chi connectivity index (χ2v) is 8.15. The Balaban J connectivity index is 1.29. The Bertz CT molecular complexity index is 817. The summed E-state index contributed by atoms with van der Waals surface area (Å²) in [5.74, 6) is 1.36. The first-order valence-electron chi connectivity index (χ1n) is 10.9. The molecule has 2 saturated heterocycles. The molecule has 1 amide bonds. The minimum absolute atomic E-state index is 0.244. The number of quaternary nitrogens is 1. The molecule has 30 heavy (non-hydrogen) atoms. The first-order valence-corrected chi connectivity index (χ1v) is 10.9. The smallest absolute Gasteiger partial charge is 0.278 e. The number of aromatic nitrogens is 1. The van der Waals surface area contributed by atoms with E-state index >= 15 is 0 Å². The lowest BCUT2D eigenvalue weighted by molar-refractivity contribution is -0.885. The Hall–Kier alpha value is -2.64. The highest BCUT2D eigenvalue weighted by Gasteiger charge is 2.27. The quantitative estimate of drug-likeness (QED) is 0.709. The van der Waals surface area contributed by atoms with Crippen LogP contribution in [-0.2, 0) is 16.1 Å². The monoisotopic (exact) mass is 411 g/mol. The fourth-order valence-electron chi connectivity index (χ4n) is 4.31. The molecule has 2 aliphatic heterocycles. The normalized spacial score (nSPS) is 18.4. The molecule has 0 aliphatic carbocycles. The third-order valence-electron chi connectivity index (χ3n) is 5.95. The van der Waals surface area contributed by atoms with Crippen molar-refractivity contribution in [3.63, 3.8) is 0 Å². The van der Waals surface area contributed by atoms with E-state index in [0.717, 1.165) is 64.8 Å². The molecular formula is C23H33N5O2+2. The van der Waals surface area contributed by atoms with E-state index in [1.807, 2.05) is 23.2 Å². The van der Waals surface area contributed by atoms with Gasteiger partial charge in [-0.3, -0.25) is 9.69 Å². The third kappa shape index (κ3) is 5.09. The number of rotatable bonds is 6. The van der Waals surface area contributed by atoms with E-state index in [2.05, 4.69) is 52.2 Å². The molecule has 1 unspecified atom stereocenters. The van der Waals surface area contributed by atoms with Gasteiger partial charge in [0.05, 0.1) is 39.5 Å². The predicted octanol–water partition coefficient (Wildman–Crippen LogP) is -0.299. The van der Waals surface area contributed by atoms with Crippen molar-refractivity contribution in [3.05, 3.63) is 54.2 Å². The molecule has 0 bridgehead atoms. The molecule has 2 N–H and O–H groups in total. The highest BCUT2D eigenvalue weighted by Crippen LogP contribution is 2.20. The number of carbonyl (C=O) groups excluding carboxylic acids is 1. The van der Waals surface area contributed by atoms with E-state index in [1.54, 1.807) is 0 Å². The summed E-state index contributed by atoms with van der Waals surface area (Å²) in [6.45, 7) is 8.07. The number of hydrogen-bond donors (Lipinski definition) is 1. The van der Waals surface area contributed by atoms with Gasteiger partial charge in [0.2, 0.25) is 0 Å². The number of ether oxygens (including phenoxy) is 1. The average molecular weight is 412 g/mol. The van der Waals surface area contributed by atoms with Crippen LogP contribution in [-0.4, -0.2) is 76.9 Å². The van der Waals surface area contributed by atoms with Crippen molar-refractivity contribution >= 4 is 17.4 Å². The van der Waals surface area contributed by atoms with E-state index in [4.69, 9.17) is 4.74 Å². The number of pyridine rings is 1. The molecule has 160 valence electrons. The summed E-state index contributed by atoms with van der Waals surface area (Å²) >= 11 is 0. The van der Waals surface area contributed by atoms with Crippen LogP contribution in [0.15, 0.2) is 48.7 Å². The number of amides is 1. The van der Waals surface area contributed by atoms with Crippen LogP contribution in [0.1, 0.15) is 5.56 Å². The van der Waals surface area contributed by atoms with E-state index in [0.29, 0.717) is 6.54 Å². The van der Waals surface area contributed by atoms with Crippen molar-refractivity contribution in [2.45, 2.75) is 6.54 Å². The largest absolute Gasteiger partial charge is 0.378 e. The Labute approximate surface area is 178 Å². The maximum absolute atomic E-state index is 12.9. The lowest BCUT2D eigenvalue weighted by Gasteiger charge is -2.32. The number of para-hydroxylation sites is 1. The van der Waals surface area contributed by atoms with Gasteiger partial charge in [-0.15, -0.1) is 0 Å². The molecule has 0 spiro atoms. The minimum Gasteiger partial charge on any atom is -0.378 e. The summed E-state index contributed by atoms with van der Waals surface area (Å²) in [7, 11) is 2.11. The van der Waals surface area contributed by atoms with Crippen LogP contribution in [0, 0.1) is 0 Å². The number of nitrogens with one attached hydrogen (secondary N) is 2. The van der Waals surface area contributed by atoms with Gasteiger partial charge in [0.1, 0.15) is 19.6 Å². The summed E-state index contributed by atoms with van der Waals surface area (Å²) in [6.07, 6.45) is 1.94. The molecule has 2 aliphatic rings. The molecule has 2 aromatic rings. The number of piperazine rings is 1. The molecule has 0 saturated carbocycles. The summed E-state index contributed by atoms with van der Waals surface area (Å²) in [4.78, 5) is 24.1. The number of benzene rings is 1. The lowest BCUT2D eigenvalue weighted by atomic mass is 10.1. The first kappa shape index (κ1) is 20.6. The molecule has 1 atom stereocenters. The summed E-state index contributed by atoms with van der Waals surface area (Å²) in [6, 6.07) is 14.7. The maximum Gasteiger partial charge on any atom is 0.278 e. The topological polar surface area (TPSA) is 54.6 Å². The molecule has 4 rings (SSSR count). The maximum atomic E-state index is 12.9. The van der Waals surface area contributed by atoms with E-state index < -0.39 is 0 Å². The molecule has 7 heteroatoms. The van der Waals surface area contributed by atoms with Crippen molar-refractivity contribution in [2.24, 2.45) is 0 Å². The van der Waals surface area contributed by atoms with E-state index in [9.17, 15) is 4.79 Å². The zero-order valence-electron chi connectivity index (χ0n) is 17.8. The molecule has 3 heterocycles. The summed E-state index contributed by atoms with van der Waals surface area (Å²) < 4.78 is 5.50. The molecule has 2 fully saturated rings. The van der Waals surface area contributed by atoms with Crippen LogP contribution in [0.2, 0.25) is 0 Å². The van der Waals surface area contributed by atoms with Crippen LogP contribution in [0.5, 0.6) is 0 Å². The molecule has 1 aromatic carbocycles. The van der Waals surface area contributed by atoms with Gasteiger partial charge in [-0.2, -0.15) is 0 Å². The van der Waals surface area contributed by atoms with Gasteiger partial charge in [0.25, 0.3) is 11.7 Å². The van der Waals surface area contributed by atoms with Gasteiger partial charge in [-0.1, -0.05) is 24.3 Å². The van der Waals surface area contributed by atoms with Gasteiger partial charge < -0.3 is 19.4 Å². The van der Waals surface area contributed by atoms with Crippen LogP contribution in [0.3, 0.4) is 0 Å². The van der Waals surface area contributed by atoms with Gasteiger partial charge in [0.15, 0.2) is 6.54 Å². The van der Waals surface area contributed by atoms with Crippen molar-refractivity contribution < 1.29 is 19.4 Å². The van der Waals surface area contributed by atoms with Crippen LogP contribution < -0.4 is 19.7 Å². The molecule has 1 aromatic heterocycles. The van der Waals surface area contributed by atoms with Crippen LogP contribution >= 0.6 is 0 Å². The summed E-state index contributed by atoms with van der Waals surface area (Å²) in [5.41, 5.74) is 2.58. The highest BCUT2D eigenvalue weighted by molar-refractivity contribution is 5.77. The summed E-state index contributed by atoms with van der Waals surface area (Å²) in [5, 5.41) is 0. The van der Waals surface area contributed by atoms with E-state index in [-0.39, 0.29) is 5.91 Å². The van der Waals surface area contributed by atoms with Gasteiger partial charge >= 0.3 is 0 Å². The Kier molecular flexibility index (Phi) is 6.81. The Morgan fingerprint density at radius 2 is 1.70 bits per heavy atom. The second kappa shape index (κ2) is 9.91. The number of hydrogen-bond acceptors (Lipinski definition) is 4. The highest BCUT2D eigenvalue weighted by atomic mass is 16.5. The fraction of sp³-hybridized carbons (Fsp3) is 0.478. The number of morpholine rings is 1. The minimum atomic E-state index is 0.244. The number of likely N-dealkylation sites (N-methyl/N-ethyl adjacent to an activating group) is 1. The van der Waals surface area contributed by atoms with Crippen LogP contribution in [0.25, 0.3) is 0 Å². The van der Waals surface area contributed by atoms with Crippen molar-refractivity contribution in [2.75, 3.05) is 75.9 Å². The number of anilines is 2. The average Bonchev–Trinajstić information content (AvgIpc) is 2.80. The van der Waals surface area contributed by atoms with Gasteiger partial charge in [-0.05, 0) is 12.1 Å². The number of carbonyl (C=O) groups is 1. The predicted molar refractivity (Wildman–Crippen MR) is 117 cm³/mol. The number of aromatic amines is 1. The van der Waals surface area contributed by atoms with Gasteiger partial charge in [0, 0.05) is 30.4 Å². The number of nitrogens with zero attached hydrogens (tertiary/aromatic N) is 3. The lowest BCUT2D eigenvalue weighted by Crippen LogP contribution is -3.09. The Morgan fingerprint density at radius 1 is 0.967 bits per heavy atom. The number of H-pyrrole nitrogens is 1. The molecule has 0 radical (unpaired) electrons. The zero-order chi connectivity index (χ0) is 20.8. The fourth-order valence-corrected chi connectivity index (χ4v) is 4.31. The van der Waals surface area contributed by atoms with Crippen molar-refractivity contribution in [1.29, 1.82) is 0 Å². The van der Waals surface area contributed by atoms with Gasteiger partial charge in [-0.25, -0.2) is 4.98 Å². The zero-order valence-corrected chi connectivity index (χ0v) is 17.8. The van der Waals surface area contributed by atoms with Crippen molar-refractivity contribution in [3.8, 4) is 0 Å². The Morgan fingerprint density at radius 3 is 2.43 bits per heavy atom. The molecular weight excluding hydrogens is 378 g/mol. The standard InChI is InChI=1S/C23H31N5O2/c1-25(18-20-6-2-3-7-21(20)26-14-16-30-17-15-26)19-23(29)28-12-10-27(11-13-28)22-8-4-5-9-24-22/h2-9H,10-19H2,1H3/p+2. The SMILES string of the molecule is C[NH+](CC(=O)N1CCN(c2cccc[nH+]2)CC1)Cc1ccccc1N1CCOCC1. The van der Waals surface area contributed by atoms with Crippen molar-refractivity contribution in [1.82, 2.24) is 4.90 Å². The second-order valence-electron chi connectivity index (χ2n) is 8.15. The third-order valence-corrected chi connectivity index (χ3v) is 5.95. The van der Waals surface area contributed by atoms with E-state index in [1.165, 1.54) is 16.2 Å². The molecule has 7 nitrogen and oxygen atoms in total.